The van der Waals surface area contributed by atoms with E-state index >= 15 is 0 Å². The summed E-state index contributed by atoms with van der Waals surface area (Å²) in [7, 11) is -4.33. The lowest BCUT2D eigenvalue weighted by Gasteiger charge is -2.36. The predicted octanol–water partition coefficient (Wildman–Crippen LogP) is 9.22. The molecule has 3 N–H and O–H groups in total. The number of rotatable bonds is 6. The van der Waals surface area contributed by atoms with Crippen LogP contribution in [0.25, 0.3) is 0 Å². The van der Waals surface area contributed by atoms with E-state index in [1.807, 2.05) is 95.2 Å². The van der Waals surface area contributed by atoms with Crippen LogP contribution in [0.4, 0.5) is 0 Å². The minimum absolute atomic E-state index is 0.0489. The molecule has 1 fully saturated rings. The van der Waals surface area contributed by atoms with Gasteiger partial charge in [0.2, 0.25) is 0 Å². The Morgan fingerprint density at radius 2 is 1.22 bits per heavy atom. The van der Waals surface area contributed by atoms with E-state index in [0.29, 0.717) is 30.4 Å². The summed E-state index contributed by atoms with van der Waals surface area (Å²) in [5.41, 5.74) is 0.588. The van der Waals surface area contributed by atoms with Gasteiger partial charge < -0.3 is 15.3 Å². The number of carboxylic acid groups (broad SMARTS) is 1. The molecule has 1 saturated carbocycles. The molecule has 1 aliphatic rings. The van der Waals surface area contributed by atoms with Gasteiger partial charge in [-0.3, -0.25) is 4.79 Å². The molecule has 6 nitrogen and oxygen atoms in total. The Hall–Kier alpha value is -1.84. The van der Waals surface area contributed by atoms with Crippen molar-refractivity contribution in [3.8, 4) is 11.5 Å². The van der Waals surface area contributed by atoms with Gasteiger partial charge in [-0.2, -0.15) is 0 Å². The van der Waals surface area contributed by atoms with Gasteiger partial charge in [0.05, 0.1) is 5.25 Å². The van der Waals surface area contributed by atoms with Gasteiger partial charge in [-0.25, -0.2) is 8.42 Å². The van der Waals surface area contributed by atoms with Crippen molar-refractivity contribution in [2.75, 3.05) is 0 Å². The first-order valence-corrected chi connectivity index (χ1v) is 18.7. The Morgan fingerprint density at radius 1 is 0.778 bits per heavy atom. The Balaban J connectivity index is 2.23. The zero-order valence-corrected chi connectivity index (χ0v) is 31.7. The minimum atomic E-state index is -4.33. The largest absolute Gasteiger partial charge is 0.507 e. The van der Waals surface area contributed by atoms with Gasteiger partial charge in [-0.1, -0.05) is 95.9 Å². The fourth-order valence-electron chi connectivity index (χ4n) is 6.44. The molecule has 45 heavy (non-hydrogen) atoms. The topological polar surface area (TPSA) is 112 Å². The Bertz CT molecular complexity index is 1510. The van der Waals surface area contributed by atoms with Gasteiger partial charge in [0, 0.05) is 42.9 Å². The van der Waals surface area contributed by atoms with E-state index < -0.39 is 37.1 Å². The standard InChI is InChI=1S/C36H54O6S3/c1-33(2,3)21-17-20(18-22(29(21)37)34(4,5)6)44-25-15-13-14-16-26(25)45(41,42)31(32(39)40)27-24(43)19-23(35(7,8)9)30(38)28(27)36(10,11)12/h17-19,25-26,31,37-38,43H,13-16H2,1-12H3,(H,39,40). The van der Waals surface area contributed by atoms with Crippen LogP contribution in [0.15, 0.2) is 28.0 Å². The summed E-state index contributed by atoms with van der Waals surface area (Å²) in [6, 6.07) is 5.53. The van der Waals surface area contributed by atoms with E-state index in [1.165, 1.54) is 11.8 Å². The highest BCUT2D eigenvalue weighted by Crippen LogP contribution is 2.50. The van der Waals surface area contributed by atoms with Gasteiger partial charge in [0.25, 0.3) is 0 Å². The average molecular weight is 679 g/mol. The highest BCUT2D eigenvalue weighted by atomic mass is 32.2. The molecule has 0 heterocycles. The first-order valence-electron chi connectivity index (χ1n) is 15.8. The number of thioether (sulfide) groups is 1. The van der Waals surface area contributed by atoms with Gasteiger partial charge in [0.1, 0.15) is 11.5 Å². The molecule has 252 valence electrons. The van der Waals surface area contributed by atoms with Crippen LogP contribution in [0.5, 0.6) is 11.5 Å². The molecule has 9 heteroatoms. The number of benzene rings is 2. The summed E-state index contributed by atoms with van der Waals surface area (Å²) >= 11 is 6.16. The quantitative estimate of drug-likeness (QED) is 0.225. The van der Waals surface area contributed by atoms with Crippen LogP contribution in [0, 0.1) is 0 Å². The number of hydrogen-bond acceptors (Lipinski definition) is 7. The first kappa shape index (κ1) is 37.6. The number of carbonyl (C=O) groups is 1. The molecule has 0 aromatic heterocycles. The van der Waals surface area contributed by atoms with E-state index in [4.69, 9.17) is 12.6 Å². The maximum Gasteiger partial charge on any atom is 0.326 e. The van der Waals surface area contributed by atoms with Crippen LogP contribution < -0.4 is 0 Å². The molecule has 0 aliphatic heterocycles. The molecule has 0 radical (unpaired) electrons. The fraction of sp³-hybridized carbons (Fsp3) is 0.639. The molecule has 3 atom stereocenters. The molecule has 3 rings (SSSR count). The molecule has 0 amide bonds. The normalized spacial score (nSPS) is 19.4. The van der Waals surface area contributed by atoms with Crippen LogP contribution in [-0.4, -0.2) is 40.2 Å². The van der Waals surface area contributed by atoms with Crippen molar-refractivity contribution in [3.63, 3.8) is 0 Å². The zero-order valence-electron chi connectivity index (χ0n) is 29.1. The van der Waals surface area contributed by atoms with E-state index in [0.717, 1.165) is 22.4 Å². The Morgan fingerprint density at radius 3 is 1.64 bits per heavy atom. The zero-order chi connectivity index (χ0) is 34.7. The van der Waals surface area contributed by atoms with Crippen molar-refractivity contribution >= 4 is 40.2 Å². The number of sulfone groups is 1. The second kappa shape index (κ2) is 12.6. The van der Waals surface area contributed by atoms with Crippen molar-refractivity contribution in [1.29, 1.82) is 0 Å². The smallest absolute Gasteiger partial charge is 0.326 e. The molecule has 0 saturated heterocycles. The molecule has 3 unspecified atom stereocenters. The Kier molecular flexibility index (Phi) is 10.6. The van der Waals surface area contributed by atoms with E-state index in [-0.39, 0.29) is 38.0 Å². The van der Waals surface area contributed by atoms with Crippen molar-refractivity contribution in [2.45, 2.75) is 156 Å². The minimum Gasteiger partial charge on any atom is -0.507 e. The third-order valence-electron chi connectivity index (χ3n) is 8.74. The van der Waals surface area contributed by atoms with Crippen molar-refractivity contribution in [1.82, 2.24) is 0 Å². The van der Waals surface area contributed by atoms with Crippen molar-refractivity contribution in [2.24, 2.45) is 0 Å². The van der Waals surface area contributed by atoms with Crippen molar-refractivity contribution < 1.29 is 28.5 Å². The third-order valence-corrected chi connectivity index (χ3v) is 13.2. The summed E-state index contributed by atoms with van der Waals surface area (Å²) in [5, 5.41) is 30.3. The second-order valence-electron chi connectivity index (χ2n) is 16.7. The van der Waals surface area contributed by atoms with Crippen LogP contribution >= 0.6 is 24.4 Å². The average Bonchev–Trinajstić information content (AvgIpc) is 2.84. The lowest BCUT2D eigenvalue weighted by atomic mass is 9.76. The van der Waals surface area contributed by atoms with E-state index in [2.05, 4.69) is 0 Å². The lowest BCUT2D eigenvalue weighted by molar-refractivity contribution is -0.136. The van der Waals surface area contributed by atoms with Crippen LogP contribution in [0.3, 0.4) is 0 Å². The van der Waals surface area contributed by atoms with Crippen LogP contribution in [0.1, 0.15) is 142 Å². The summed E-state index contributed by atoms with van der Waals surface area (Å²) in [6.07, 6.45) is 2.48. The third kappa shape index (κ3) is 7.83. The van der Waals surface area contributed by atoms with Crippen LogP contribution in [-0.2, 0) is 36.3 Å². The number of aliphatic carboxylic acids is 1. The highest BCUT2D eigenvalue weighted by Gasteiger charge is 2.48. The monoisotopic (exact) mass is 678 g/mol. The van der Waals surface area contributed by atoms with Gasteiger partial charge in [0.15, 0.2) is 15.1 Å². The number of thiol groups is 1. The Labute approximate surface area is 281 Å². The number of aromatic hydroxyl groups is 2. The molecule has 1 aliphatic carbocycles. The summed E-state index contributed by atoms with van der Waals surface area (Å²) in [4.78, 5) is 14.2. The molecular weight excluding hydrogens is 625 g/mol. The maximum absolute atomic E-state index is 14.7. The first-order chi connectivity index (χ1) is 20.2. The lowest BCUT2D eigenvalue weighted by Crippen LogP contribution is -2.41. The number of phenolic OH excluding ortho intramolecular Hbond substituents is 2. The second-order valence-corrected chi connectivity index (χ2v) is 20.8. The molecule has 2 aromatic rings. The number of carboxylic acids is 1. The summed E-state index contributed by atoms with van der Waals surface area (Å²) < 4.78 is 29.4. The SMILES string of the molecule is CC(C)(C)c1cc(SC2CCCCC2S(=O)(=O)C(C(=O)O)c2c(S)cc(C(C)(C)C)c(O)c2C(C)(C)C)cc(C(C)(C)C)c1O. The van der Waals surface area contributed by atoms with Crippen LogP contribution in [0.2, 0.25) is 0 Å². The van der Waals surface area contributed by atoms with Gasteiger partial charge in [-0.15, -0.1) is 24.4 Å². The van der Waals surface area contributed by atoms with Gasteiger partial charge >= 0.3 is 5.97 Å². The molecule has 2 aromatic carbocycles. The molecular formula is C36H54O6S3. The number of hydrogen-bond donors (Lipinski definition) is 4. The van der Waals surface area contributed by atoms with E-state index in [9.17, 15) is 28.5 Å². The molecule has 0 spiro atoms. The predicted molar refractivity (Wildman–Crippen MR) is 189 cm³/mol. The summed E-state index contributed by atoms with van der Waals surface area (Å²) in [6.45, 7) is 23.6. The summed E-state index contributed by atoms with van der Waals surface area (Å²) in [5.74, 6) is -1.29. The van der Waals surface area contributed by atoms with Gasteiger partial charge in [-0.05, 0) is 52.7 Å². The maximum atomic E-state index is 14.7. The fourth-order valence-corrected chi connectivity index (χ4v) is 11.1. The van der Waals surface area contributed by atoms with E-state index in [1.54, 1.807) is 6.07 Å². The highest BCUT2D eigenvalue weighted by molar-refractivity contribution is 8.01. The van der Waals surface area contributed by atoms with Crippen molar-refractivity contribution in [3.05, 3.63) is 46.0 Å². The molecule has 0 bridgehead atoms. The number of phenols is 2.